The number of nitrogen functional groups attached to an aromatic ring is 1. The van der Waals surface area contributed by atoms with Gasteiger partial charge in [0.2, 0.25) is 0 Å². The van der Waals surface area contributed by atoms with E-state index in [1.54, 1.807) is 55.2 Å². The highest BCUT2D eigenvalue weighted by Crippen LogP contribution is 2.37. The van der Waals surface area contributed by atoms with E-state index in [-0.39, 0.29) is 37.3 Å². The van der Waals surface area contributed by atoms with E-state index < -0.39 is 97.9 Å². The van der Waals surface area contributed by atoms with Crippen LogP contribution in [0.3, 0.4) is 0 Å². The number of aromatic nitrogens is 9. The fourth-order valence-corrected chi connectivity index (χ4v) is 15.5. The Labute approximate surface area is 723 Å². The molecular weight excluding hydrogens is 1680 g/mol. The molecule has 5 aromatic heterocycles. The van der Waals surface area contributed by atoms with E-state index >= 15 is 0 Å². The van der Waals surface area contributed by atoms with Gasteiger partial charge in [-0.2, -0.15) is 4.39 Å². The SMILES string of the molecule is CC1=C(c2ccc(CC(=O)c3c(F)cccc3F)cc2)CN(c2nccnc2F)CC1.CC1=C(c2ccc(CC(=O)c3c(F)cccc3F)cc2)CN(c2nccnc2N)CC1.CC1=C(c2cnc(CC(=O)c3c(F)cccc3F)cn2)CN(c2ncccc2Br)CC1.[C-]#[N+]c1nccnc1N1CCC(C)=C(c2ccc(CC(=O)c3c(F)cccc3F)cc2)C1. The highest BCUT2D eigenvalue weighted by Gasteiger charge is 2.29. The van der Waals surface area contributed by atoms with E-state index in [4.69, 9.17) is 12.3 Å². The Hall–Kier alpha value is -14.0. The van der Waals surface area contributed by atoms with Crippen molar-refractivity contribution in [2.45, 2.75) is 79.1 Å². The molecule has 0 radical (unpaired) electrons. The van der Waals surface area contributed by atoms with Crippen LogP contribution in [0.2, 0.25) is 0 Å². The second kappa shape index (κ2) is 40.8. The standard InChI is InChI=1S/C25H20F2N4O.C24H20F3N3O.C24H22F2N4O.C23H19BrF2N4O/c1-16-10-13-31(25-24(28-2)29-11-12-30-25)15-19(16)18-8-6-17(7-9-18)14-22(32)23-20(26)4-3-5-21(23)27;2*1-15-9-12-30(24-23(27)28-10-11-29-24)14-18(15)17-7-5-16(6-8-17)13-21(31)22-19(25)3-2-4-20(22)26;1-14-7-9-30(23-17(24)4-3-8-27-23)13-16(14)20-12-28-15(11-29-20)10-21(31)22-18(25)5-2-6-19(22)26/h3-9,11-12H,10,13-15H2,1H3;2-8,10-11H,9,12-14H2,1H3;2-8,10-11H,9,12-14H2,1H3,(H2,27,28);2-6,8,11-12H,7,9-10,13H2,1H3. The van der Waals surface area contributed by atoms with Gasteiger partial charge in [-0.15, -0.1) is 4.98 Å². The van der Waals surface area contributed by atoms with E-state index in [9.17, 15) is 58.7 Å². The maximum atomic E-state index is 14.1. The molecule has 19 nitrogen and oxygen atoms in total. The third-order valence-corrected chi connectivity index (χ3v) is 22.5. The van der Waals surface area contributed by atoms with Gasteiger partial charge in [0.05, 0.1) is 56.9 Å². The van der Waals surface area contributed by atoms with E-state index in [0.29, 0.717) is 78.3 Å². The number of rotatable bonds is 20. The lowest BCUT2D eigenvalue weighted by Crippen LogP contribution is -2.32. The fourth-order valence-electron chi connectivity index (χ4n) is 15.0. The number of nitrogens with two attached hydrogens (primary N) is 1. The van der Waals surface area contributed by atoms with Crippen molar-refractivity contribution in [2.24, 2.45) is 0 Å². The fraction of sp³-hybridized carbons (Fsp3) is 0.208. The van der Waals surface area contributed by atoms with Crippen LogP contribution >= 0.6 is 15.9 Å². The molecule has 0 unspecified atom stereocenters. The molecule has 0 fully saturated rings. The Bertz CT molecular complexity index is 5710. The smallest absolute Gasteiger partial charge is 0.312 e. The van der Waals surface area contributed by atoms with Crippen LogP contribution in [0.5, 0.6) is 0 Å². The summed E-state index contributed by atoms with van der Waals surface area (Å²) in [7, 11) is 0. The van der Waals surface area contributed by atoms with Crippen LogP contribution in [0.4, 0.5) is 74.4 Å². The zero-order valence-corrected chi connectivity index (χ0v) is 69.9. The minimum atomic E-state index is -0.877. The molecule has 0 saturated carbocycles. The van der Waals surface area contributed by atoms with Crippen molar-refractivity contribution in [3.05, 3.63) is 371 Å². The van der Waals surface area contributed by atoms with E-state index in [1.807, 2.05) is 77.4 Å². The first kappa shape index (κ1) is 88.8. The highest BCUT2D eigenvalue weighted by molar-refractivity contribution is 9.10. The van der Waals surface area contributed by atoms with Crippen LogP contribution in [0.1, 0.15) is 140 Å². The molecule has 4 aliphatic heterocycles. The topological polar surface area (TPSA) is 228 Å². The van der Waals surface area contributed by atoms with Crippen LogP contribution in [0, 0.1) is 59.1 Å². The molecule has 634 valence electrons. The Morgan fingerprint density at radius 1 is 0.360 bits per heavy atom. The first-order valence-corrected chi connectivity index (χ1v) is 40.6. The molecule has 0 spiro atoms. The summed E-state index contributed by atoms with van der Waals surface area (Å²) >= 11 is 3.55. The summed E-state index contributed by atoms with van der Waals surface area (Å²) in [4.78, 5) is 99.2. The summed E-state index contributed by atoms with van der Waals surface area (Å²) < 4.78 is 126. The highest BCUT2D eigenvalue weighted by atomic mass is 79.9. The van der Waals surface area contributed by atoms with Crippen LogP contribution in [0.15, 0.2) is 240 Å². The number of hydrogen-bond acceptors (Lipinski definition) is 18. The van der Waals surface area contributed by atoms with Crippen molar-refractivity contribution in [1.82, 2.24) is 44.9 Å². The van der Waals surface area contributed by atoms with Crippen LogP contribution < -0.4 is 25.3 Å². The van der Waals surface area contributed by atoms with Crippen molar-refractivity contribution in [3.63, 3.8) is 0 Å². The van der Waals surface area contributed by atoms with E-state index in [2.05, 4.69) is 96.2 Å². The van der Waals surface area contributed by atoms with E-state index in [1.165, 1.54) is 71.3 Å². The van der Waals surface area contributed by atoms with Gasteiger partial charge in [-0.1, -0.05) is 126 Å². The maximum absolute atomic E-state index is 14.1. The molecule has 4 aliphatic rings. The quantitative estimate of drug-likeness (QED) is 0.0425. The number of benzene rings is 7. The molecular formula is C96H81BrF9N15O4. The summed E-state index contributed by atoms with van der Waals surface area (Å²) in [5, 5.41) is 0. The number of carbonyl (C=O) groups excluding carboxylic acids is 4. The van der Waals surface area contributed by atoms with E-state index in [0.717, 1.165) is 143 Å². The monoisotopic (exact) mass is 1760 g/mol. The molecule has 29 heteroatoms. The van der Waals surface area contributed by atoms with Crippen LogP contribution in [0.25, 0.3) is 27.1 Å². The maximum Gasteiger partial charge on any atom is 0.312 e. The first-order chi connectivity index (χ1) is 60.3. The molecule has 0 saturated heterocycles. The molecule has 0 amide bonds. The first-order valence-electron chi connectivity index (χ1n) is 39.8. The van der Waals surface area contributed by atoms with Gasteiger partial charge in [0.25, 0.3) is 5.95 Å². The summed E-state index contributed by atoms with van der Waals surface area (Å²) in [5.41, 5.74) is 19.3. The lowest BCUT2D eigenvalue weighted by Gasteiger charge is -2.31. The van der Waals surface area contributed by atoms with Gasteiger partial charge in [0.1, 0.15) is 58.6 Å². The lowest BCUT2D eigenvalue weighted by molar-refractivity contribution is 0.0975. The van der Waals surface area contributed by atoms with Gasteiger partial charge >= 0.3 is 5.82 Å². The van der Waals surface area contributed by atoms with Gasteiger partial charge in [-0.25, -0.2) is 65.0 Å². The number of anilines is 5. The third-order valence-electron chi connectivity index (χ3n) is 21.9. The number of halogens is 10. The average molecular weight is 1760 g/mol. The van der Waals surface area contributed by atoms with Gasteiger partial charge < -0.3 is 30.2 Å². The van der Waals surface area contributed by atoms with Crippen molar-refractivity contribution in [2.75, 3.05) is 77.7 Å². The molecule has 0 atom stereocenters. The molecule has 7 aromatic carbocycles. The van der Waals surface area contributed by atoms with Gasteiger partial charge in [0, 0.05) is 109 Å². The number of nitrogens with zero attached hydrogens (tertiary/aromatic N) is 14. The van der Waals surface area contributed by atoms with Crippen molar-refractivity contribution >= 4 is 96.3 Å². The van der Waals surface area contributed by atoms with Crippen LogP contribution in [-0.2, 0) is 25.7 Å². The number of ketones is 4. The van der Waals surface area contributed by atoms with Crippen molar-refractivity contribution < 1.29 is 58.7 Å². The second-order valence-corrected chi connectivity index (χ2v) is 30.9. The Morgan fingerprint density at radius 3 is 1.06 bits per heavy atom. The Morgan fingerprint density at radius 2 is 0.688 bits per heavy atom. The number of pyridine rings is 1. The van der Waals surface area contributed by atoms with Gasteiger partial charge in [0.15, 0.2) is 46.4 Å². The predicted molar refractivity (Wildman–Crippen MR) is 465 cm³/mol. The summed E-state index contributed by atoms with van der Waals surface area (Å²) in [6, 6.07) is 39.6. The zero-order chi connectivity index (χ0) is 88.5. The number of hydrogen-bond donors (Lipinski definition) is 1. The molecule has 0 bridgehead atoms. The third kappa shape index (κ3) is 21.5. The van der Waals surface area contributed by atoms with Gasteiger partial charge in [-0.3, -0.25) is 29.1 Å². The Kier molecular flexibility index (Phi) is 29.0. The number of Topliss-reactive ketones (excluding diaryl/α,β-unsaturated/α-hetero) is 4. The predicted octanol–water partition coefficient (Wildman–Crippen LogP) is 19.9. The molecule has 0 aliphatic carbocycles. The molecule has 16 rings (SSSR count). The summed E-state index contributed by atoms with van der Waals surface area (Å²) in [5.74, 6) is -6.90. The molecule has 125 heavy (non-hydrogen) atoms. The number of carbonyl (C=O) groups is 4. The van der Waals surface area contributed by atoms with Crippen molar-refractivity contribution in [1.29, 1.82) is 0 Å². The minimum absolute atomic E-state index is 0.0710. The van der Waals surface area contributed by atoms with Crippen molar-refractivity contribution in [3.8, 4) is 0 Å². The minimum Gasteiger partial charge on any atom is -0.381 e. The largest absolute Gasteiger partial charge is 0.381 e. The normalized spacial score (nSPS) is 14.0. The average Bonchev–Trinajstić information content (AvgIpc) is 0.809. The van der Waals surface area contributed by atoms with Crippen LogP contribution in [-0.4, -0.2) is 120 Å². The molecule has 9 heterocycles. The van der Waals surface area contributed by atoms with Gasteiger partial charge in [-0.05, 0) is 186 Å². The zero-order valence-electron chi connectivity index (χ0n) is 68.3. The second-order valence-electron chi connectivity index (χ2n) is 30.1. The molecule has 2 N–H and O–H groups in total. The Balaban J connectivity index is 0.000000143. The molecule has 12 aromatic rings. The summed E-state index contributed by atoms with van der Waals surface area (Å²) in [6.45, 7) is 21.0. The summed E-state index contributed by atoms with van der Waals surface area (Å²) in [6.07, 6.45) is 16.8. The lowest BCUT2D eigenvalue weighted by atomic mass is 9.93.